The quantitative estimate of drug-likeness (QED) is 0.741. The Balaban J connectivity index is 2.84. The highest BCUT2D eigenvalue weighted by atomic mass is 16.3. The molecule has 0 fully saturated rings. The van der Waals surface area contributed by atoms with Gasteiger partial charge in [0.25, 0.3) is 0 Å². The molecule has 0 spiro atoms. The summed E-state index contributed by atoms with van der Waals surface area (Å²) in [5.41, 5.74) is 1.04. The van der Waals surface area contributed by atoms with Gasteiger partial charge in [0, 0.05) is 25.2 Å². The molecule has 0 saturated heterocycles. The van der Waals surface area contributed by atoms with Crippen LogP contribution >= 0.6 is 0 Å². The van der Waals surface area contributed by atoms with Crippen LogP contribution in [0.3, 0.4) is 0 Å². The summed E-state index contributed by atoms with van der Waals surface area (Å²) < 4.78 is 0. The van der Waals surface area contributed by atoms with Crippen LogP contribution in [0.5, 0.6) is 5.75 Å². The average molecular weight is 187 g/mol. The Hall–Kier alpha value is -1.70. The molecule has 2 rings (SSSR count). The van der Waals surface area contributed by atoms with Crippen molar-refractivity contribution >= 4 is 16.5 Å². The van der Waals surface area contributed by atoms with E-state index in [2.05, 4.69) is 0 Å². The van der Waals surface area contributed by atoms with E-state index in [9.17, 15) is 5.11 Å². The minimum atomic E-state index is 0.340. The summed E-state index contributed by atoms with van der Waals surface area (Å²) in [4.78, 5) is 2.00. The Kier molecular flexibility index (Phi) is 2.04. The average Bonchev–Trinajstić information content (AvgIpc) is 2.17. The number of aromatic hydroxyl groups is 1. The minimum Gasteiger partial charge on any atom is -0.507 e. The smallest absolute Gasteiger partial charge is 0.125 e. The van der Waals surface area contributed by atoms with E-state index in [0.717, 1.165) is 16.5 Å². The first-order chi connectivity index (χ1) is 6.70. The van der Waals surface area contributed by atoms with Crippen molar-refractivity contribution in [2.24, 2.45) is 0 Å². The van der Waals surface area contributed by atoms with Crippen molar-refractivity contribution in [1.82, 2.24) is 0 Å². The standard InChI is InChI=1S/C12H13NO/c1-13(2)10-7-3-5-9-6-4-8-11(14)12(9)10/h3-8,14H,1-2H3. The van der Waals surface area contributed by atoms with Crippen molar-refractivity contribution in [1.29, 1.82) is 0 Å². The number of anilines is 1. The maximum Gasteiger partial charge on any atom is 0.125 e. The fourth-order valence-corrected chi connectivity index (χ4v) is 1.67. The number of hydrogen-bond acceptors (Lipinski definition) is 2. The van der Waals surface area contributed by atoms with Crippen molar-refractivity contribution in [3.8, 4) is 5.75 Å². The van der Waals surface area contributed by atoms with Crippen LogP contribution in [0.2, 0.25) is 0 Å². The molecular formula is C12H13NO. The molecule has 14 heavy (non-hydrogen) atoms. The van der Waals surface area contributed by atoms with Crippen molar-refractivity contribution in [2.75, 3.05) is 19.0 Å². The highest BCUT2D eigenvalue weighted by molar-refractivity contribution is 5.98. The zero-order valence-corrected chi connectivity index (χ0v) is 8.36. The Morgan fingerprint density at radius 1 is 1.00 bits per heavy atom. The number of phenols is 1. The molecule has 2 aromatic rings. The Bertz CT molecular complexity index is 458. The molecule has 2 nitrogen and oxygen atoms in total. The molecule has 0 amide bonds. The van der Waals surface area contributed by atoms with Gasteiger partial charge in [-0.05, 0) is 17.5 Å². The number of fused-ring (bicyclic) bond motifs is 1. The molecule has 0 aliphatic heterocycles. The van der Waals surface area contributed by atoms with Crippen molar-refractivity contribution in [2.45, 2.75) is 0 Å². The Morgan fingerprint density at radius 2 is 1.64 bits per heavy atom. The Labute approximate surface area is 83.4 Å². The summed E-state index contributed by atoms with van der Waals surface area (Å²) >= 11 is 0. The summed E-state index contributed by atoms with van der Waals surface area (Å²) in [6.45, 7) is 0. The van der Waals surface area contributed by atoms with E-state index in [4.69, 9.17) is 0 Å². The zero-order chi connectivity index (χ0) is 10.1. The molecule has 1 N–H and O–H groups in total. The monoisotopic (exact) mass is 187 g/mol. The summed E-state index contributed by atoms with van der Waals surface area (Å²) in [7, 11) is 3.95. The van der Waals surface area contributed by atoms with E-state index in [0.29, 0.717) is 5.75 Å². The number of hydrogen-bond donors (Lipinski definition) is 1. The first kappa shape index (κ1) is 8.88. The fraction of sp³-hybridized carbons (Fsp3) is 0.167. The van der Waals surface area contributed by atoms with Gasteiger partial charge in [0.2, 0.25) is 0 Å². The molecule has 0 aromatic heterocycles. The third kappa shape index (κ3) is 1.29. The number of rotatable bonds is 1. The second-order valence-electron chi connectivity index (χ2n) is 3.55. The lowest BCUT2D eigenvalue weighted by atomic mass is 10.1. The van der Waals surface area contributed by atoms with Gasteiger partial charge in [0.1, 0.15) is 5.75 Å². The second-order valence-corrected chi connectivity index (χ2v) is 3.55. The van der Waals surface area contributed by atoms with Crippen molar-refractivity contribution in [3.05, 3.63) is 36.4 Å². The topological polar surface area (TPSA) is 23.5 Å². The van der Waals surface area contributed by atoms with Crippen molar-refractivity contribution < 1.29 is 5.11 Å². The lowest BCUT2D eigenvalue weighted by molar-refractivity contribution is 0.481. The van der Waals surface area contributed by atoms with Crippen molar-refractivity contribution in [3.63, 3.8) is 0 Å². The highest BCUT2D eigenvalue weighted by Gasteiger charge is 2.05. The molecule has 0 atom stereocenters. The van der Waals surface area contributed by atoms with Crippen LogP contribution in [-0.2, 0) is 0 Å². The molecule has 0 unspecified atom stereocenters. The van der Waals surface area contributed by atoms with E-state index in [1.54, 1.807) is 6.07 Å². The number of nitrogens with zero attached hydrogens (tertiary/aromatic N) is 1. The molecule has 0 bridgehead atoms. The van der Waals surface area contributed by atoms with Crippen LogP contribution in [-0.4, -0.2) is 19.2 Å². The molecule has 0 aliphatic rings. The van der Waals surface area contributed by atoms with E-state index < -0.39 is 0 Å². The maximum absolute atomic E-state index is 9.77. The SMILES string of the molecule is CN(C)c1cccc2cccc(O)c12. The summed E-state index contributed by atoms with van der Waals surface area (Å²) in [5.74, 6) is 0.340. The molecule has 0 heterocycles. The molecular weight excluding hydrogens is 174 g/mol. The maximum atomic E-state index is 9.77. The van der Waals surface area contributed by atoms with Gasteiger partial charge < -0.3 is 10.0 Å². The van der Waals surface area contributed by atoms with Crippen LogP contribution in [0.4, 0.5) is 5.69 Å². The summed E-state index contributed by atoms with van der Waals surface area (Å²) in [6.07, 6.45) is 0. The summed E-state index contributed by atoms with van der Waals surface area (Å²) in [6, 6.07) is 11.6. The number of benzene rings is 2. The Morgan fingerprint density at radius 3 is 2.29 bits per heavy atom. The van der Waals surface area contributed by atoms with Gasteiger partial charge in [-0.25, -0.2) is 0 Å². The van der Waals surface area contributed by atoms with Crippen LogP contribution in [0.1, 0.15) is 0 Å². The molecule has 0 aliphatic carbocycles. The second kappa shape index (κ2) is 3.22. The predicted octanol–water partition coefficient (Wildman–Crippen LogP) is 2.61. The summed E-state index contributed by atoms with van der Waals surface area (Å²) in [5, 5.41) is 11.8. The molecule has 0 radical (unpaired) electrons. The third-order valence-corrected chi connectivity index (χ3v) is 2.34. The highest BCUT2D eigenvalue weighted by Crippen LogP contribution is 2.32. The molecule has 0 saturated carbocycles. The first-order valence-corrected chi connectivity index (χ1v) is 4.58. The fourth-order valence-electron chi connectivity index (χ4n) is 1.67. The lowest BCUT2D eigenvalue weighted by Gasteiger charge is -2.15. The number of phenolic OH excluding ortho intramolecular Hbond substituents is 1. The van der Waals surface area contributed by atoms with Gasteiger partial charge in [-0.2, -0.15) is 0 Å². The van der Waals surface area contributed by atoms with Gasteiger partial charge in [0.15, 0.2) is 0 Å². The third-order valence-electron chi connectivity index (χ3n) is 2.34. The normalized spacial score (nSPS) is 10.4. The molecule has 72 valence electrons. The van der Waals surface area contributed by atoms with Gasteiger partial charge in [-0.1, -0.05) is 24.3 Å². The predicted molar refractivity (Wildman–Crippen MR) is 59.9 cm³/mol. The van der Waals surface area contributed by atoms with Crippen LogP contribution in [0.25, 0.3) is 10.8 Å². The van der Waals surface area contributed by atoms with Crippen LogP contribution in [0, 0.1) is 0 Å². The van der Waals surface area contributed by atoms with Crippen LogP contribution in [0.15, 0.2) is 36.4 Å². The van der Waals surface area contributed by atoms with Gasteiger partial charge in [-0.3, -0.25) is 0 Å². The van der Waals surface area contributed by atoms with E-state index >= 15 is 0 Å². The molecule has 2 aromatic carbocycles. The molecule has 2 heteroatoms. The van der Waals surface area contributed by atoms with Crippen LogP contribution < -0.4 is 4.90 Å². The minimum absolute atomic E-state index is 0.340. The zero-order valence-electron chi connectivity index (χ0n) is 8.36. The first-order valence-electron chi connectivity index (χ1n) is 4.58. The largest absolute Gasteiger partial charge is 0.507 e. The van der Waals surface area contributed by atoms with E-state index in [1.165, 1.54) is 0 Å². The van der Waals surface area contributed by atoms with E-state index in [-0.39, 0.29) is 0 Å². The van der Waals surface area contributed by atoms with Gasteiger partial charge in [-0.15, -0.1) is 0 Å². The van der Waals surface area contributed by atoms with Gasteiger partial charge >= 0.3 is 0 Å². The van der Waals surface area contributed by atoms with Gasteiger partial charge in [0.05, 0.1) is 0 Å². The van der Waals surface area contributed by atoms with E-state index in [1.807, 2.05) is 49.3 Å². The lowest BCUT2D eigenvalue weighted by Crippen LogP contribution is -2.08.